The van der Waals surface area contributed by atoms with Gasteiger partial charge in [0.15, 0.2) is 0 Å². The third-order valence-electron chi connectivity index (χ3n) is 6.10. The number of hydrogen-bond acceptors (Lipinski definition) is 4. The summed E-state index contributed by atoms with van der Waals surface area (Å²) < 4.78 is 5.14. The number of hydrogen-bond donors (Lipinski definition) is 0. The van der Waals surface area contributed by atoms with Gasteiger partial charge in [-0.2, -0.15) is 0 Å². The maximum Gasteiger partial charge on any atom is 0.320 e. The molecule has 184 valence electrons. The lowest BCUT2D eigenvalue weighted by Crippen LogP contribution is -2.31. The average molecular weight is 447 g/mol. The summed E-state index contributed by atoms with van der Waals surface area (Å²) in [5, 5.41) is 0. The second-order valence-electron chi connectivity index (χ2n) is 9.14. The van der Waals surface area contributed by atoms with Gasteiger partial charge in [0, 0.05) is 12.7 Å². The lowest BCUT2D eigenvalue weighted by molar-refractivity contribution is -0.144. The van der Waals surface area contributed by atoms with Gasteiger partial charge in [-0.25, -0.2) is 0 Å². The molecule has 0 atom stereocenters. The molecule has 4 heteroatoms. The molecule has 1 aromatic rings. The van der Waals surface area contributed by atoms with Crippen molar-refractivity contribution in [1.29, 1.82) is 0 Å². The molecule has 1 heterocycles. The molecular weight excluding hydrogens is 396 g/mol. The summed E-state index contributed by atoms with van der Waals surface area (Å²) in [6, 6.07) is 5.94. The highest BCUT2D eigenvalue weighted by molar-refractivity contribution is 5.71. The minimum absolute atomic E-state index is 0.139. The Morgan fingerprint density at radius 3 is 1.78 bits per heavy atom. The van der Waals surface area contributed by atoms with Gasteiger partial charge in [-0.05, 0) is 32.0 Å². The molecular formula is C28H50N2O2. The van der Waals surface area contributed by atoms with E-state index >= 15 is 0 Å². The SMILES string of the molecule is CCCCCCCCCCCCCCCCCCN(CC(=O)OCC)Cc1ccccn1. The molecule has 0 aliphatic carbocycles. The lowest BCUT2D eigenvalue weighted by atomic mass is 10.0. The smallest absolute Gasteiger partial charge is 0.320 e. The lowest BCUT2D eigenvalue weighted by Gasteiger charge is -2.20. The van der Waals surface area contributed by atoms with E-state index in [2.05, 4.69) is 16.8 Å². The fourth-order valence-corrected chi connectivity index (χ4v) is 4.21. The maximum absolute atomic E-state index is 11.9. The second kappa shape index (κ2) is 21.4. The zero-order chi connectivity index (χ0) is 23.1. The number of rotatable bonds is 22. The number of esters is 1. The summed E-state index contributed by atoms with van der Waals surface area (Å²) in [5.41, 5.74) is 1.01. The minimum Gasteiger partial charge on any atom is -0.465 e. The van der Waals surface area contributed by atoms with Crippen LogP contribution in [0.3, 0.4) is 0 Å². The van der Waals surface area contributed by atoms with Crippen LogP contribution in [-0.2, 0) is 16.1 Å². The van der Waals surface area contributed by atoms with Crippen LogP contribution in [0.1, 0.15) is 122 Å². The molecule has 1 rings (SSSR count). The molecule has 32 heavy (non-hydrogen) atoms. The Bertz CT molecular complexity index is 535. The molecule has 0 radical (unpaired) electrons. The Kier molecular flexibility index (Phi) is 19.2. The monoisotopic (exact) mass is 446 g/mol. The molecule has 0 aromatic carbocycles. The van der Waals surface area contributed by atoms with Crippen LogP contribution >= 0.6 is 0 Å². The highest BCUT2D eigenvalue weighted by Crippen LogP contribution is 2.14. The van der Waals surface area contributed by atoms with Crippen molar-refractivity contribution in [2.75, 3.05) is 19.7 Å². The molecule has 0 aliphatic rings. The van der Waals surface area contributed by atoms with Gasteiger partial charge in [0.2, 0.25) is 0 Å². The van der Waals surface area contributed by atoms with Crippen LogP contribution in [0.2, 0.25) is 0 Å². The topological polar surface area (TPSA) is 42.4 Å². The first kappa shape index (κ1) is 28.6. The summed E-state index contributed by atoms with van der Waals surface area (Å²) in [6.07, 6.45) is 23.8. The average Bonchev–Trinajstić information content (AvgIpc) is 2.79. The molecule has 0 amide bonds. The quantitative estimate of drug-likeness (QED) is 0.135. The van der Waals surface area contributed by atoms with Crippen LogP contribution < -0.4 is 0 Å². The number of unbranched alkanes of at least 4 members (excludes halogenated alkanes) is 15. The molecule has 0 bridgehead atoms. The number of aromatic nitrogens is 1. The fraction of sp³-hybridized carbons (Fsp3) is 0.786. The van der Waals surface area contributed by atoms with Crippen molar-refractivity contribution in [2.24, 2.45) is 0 Å². The summed E-state index contributed by atoms with van der Waals surface area (Å²) in [7, 11) is 0. The normalized spacial score (nSPS) is 11.2. The Balaban J connectivity index is 2.00. The number of pyridine rings is 1. The van der Waals surface area contributed by atoms with Crippen molar-refractivity contribution in [1.82, 2.24) is 9.88 Å². The highest BCUT2D eigenvalue weighted by Gasteiger charge is 2.12. The Hall–Kier alpha value is -1.42. The van der Waals surface area contributed by atoms with Crippen LogP contribution in [0, 0.1) is 0 Å². The molecule has 0 saturated heterocycles. The zero-order valence-corrected chi connectivity index (χ0v) is 21.2. The first-order valence-electron chi connectivity index (χ1n) is 13.5. The number of nitrogens with zero attached hydrogens (tertiary/aromatic N) is 2. The van der Waals surface area contributed by atoms with Crippen LogP contribution in [0.4, 0.5) is 0 Å². The van der Waals surface area contributed by atoms with E-state index in [1.54, 1.807) is 0 Å². The highest BCUT2D eigenvalue weighted by atomic mass is 16.5. The van der Waals surface area contributed by atoms with Gasteiger partial charge in [-0.15, -0.1) is 0 Å². The predicted octanol–water partition coefficient (Wildman–Crippen LogP) is 7.71. The molecule has 0 N–H and O–H groups in total. The van der Waals surface area contributed by atoms with E-state index in [1.807, 2.05) is 31.3 Å². The van der Waals surface area contributed by atoms with E-state index in [9.17, 15) is 4.79 Å². The molecule has 1 aromatic heterocycles. The Labute approximate surface area is 198 Å². The summed E-state index contributed by atoms with van der Waals surface area (Å²) in [4.78, 5) is 18.5. The standard InChI is InChI=1S/C28H50N2O2/c1-3-5-6-7-8-9-10-11-12-13-14-15-16-17-18-21-24-30(26-28(31)32-4-2)25-27-22-19-20-23-29-27/h19-20,22-23H,3-18,21,24-26H2,1-2H3. The molecule has 0 unspecified atom stereocenters. The van der Waals surface area contributed by atoms with Crippen LogP contribution in [0.15, 0.2) is 24.4 Å². The van der Waals surface area contributed by atoms with Gasteiger partial charge in [-0.1, -0.05) is 109 Å². The Morgan fingerprint density at radius 2 is 1.31 bits per heavy atom. The van der Waals surface area contributed by atoms with Gasteiger partial charge < -0.3 is 4.74 Å². The van der Waals surface area contributed by atoms with Crippen molar-refractivity contribution in [3.8, 4) is 0 Å². The van der Waals surface area contributed by atoms with E-state index in [0.717, 1.165) is 18.7 Å². The van der Waals surface area contributed by atoms with Gasteiger partial charge in [0.25, 0.3) is 0 Å². The first-order chi connectivity index (χ1) is 15.8. The zero-order valence-electron chi connectivity index (χ0n) is 21.2. The maximum atomic E-state index is 11.9. The van der Waals surface area contributed by atoms with Gasteiger partial charge in [0.05, 0.1) is 18.8 Å². The molecule has 0 fully saturated rings. The van der Waals surface area contributed by atoms with Crippen LogP contribution in [-0.4, -0.2) is 35.5 Å². The summed E-state index contributed by atoms with van der Waals surface area (Å²) in [6.45, 7) is 6.56. The molecule has 0 spiro atoms. The first-order valence-corrected chi connectivity index (χ1v) is 13.5. The molecule has 4 nitrogen and oxygen atoms in total. The summed E-state index contributed by atoms with van der Waals surface area (Å²) >= 11 is 0. The minimum atomic E-state index is -0.139. The van der Waals surface area contributed by atoms with Crippen molar-refractivity contribution in [3.05, 3.63) is 30.1 Å². The van der Waals surface area contributed by atoms with Crippen LogP contribution in [0.25, 0.3) is 0 Å². The van der Waals surface area contributed by atoms with E-state index in [4.69, 9.17) is 4.74 Å². The van der Waals surface area contributed by atoms with Crippen molar-refractivity contribution < 1.29 is 9.53 Å². The van der Waals surface area contributed by atoms with E-state index < -0.39 is 0 Å². The Morgan fingerprint density at radius 1 is 0.781 bits per heavy atom. The van der Waals surface area contributed by atoms with Crippen molar-refractivity contribution in [2.45, 2.75) is 123 Å². The van der Waals surface area contributed by atoms with Crippen LogP contribution in [0.5, 0.6) is 0 Å². The van der Waals surface area contributed by atoms with Gasteiger partial charge >= 0.3 is 5.97 Å². The third-order valence-corrected chi connectivity index (χ3v) is 6.10. The summed E-state index contributed by atoms with van der Waals surface area (Å²) in [5.74, 6) is -0.139. The van der Waals surface area contributed by atoms with E-state index in [1.165, 1.54) is 96.3 Å². The fourth-order valence-electron chi connectivity index (χ4n) is 4.21. The van der Waals surface area contributed by atoms with E-state index in [0.29, 0.717) is 19.7 Å². The molecule has 0 saturated carbocycles. The van der Waals surface area contributed by atoms with E-state index in [-0.39, 0.29) is 5.97 Å². The van der Waals surface area contributed by atoms with Crippen molar-refractivity contribution in [3.63, 3.8) is 0 Å². The molecule has 0 aliphatic heterocycles. The predicted molar refractivity (Wildman–Crippen MR) is 136 cm³/mol. The largest absolute Gasteiger partial charge is 0.465 e. The number of carbonyl (C=O) groups excluding carboxylic acids is 1. The van der Waals surface area contributed by atoms with Crippen molar-refractivity contribution >= 4 is 5.97 Å². The second-order valence-corrected chi connectivity index (χ2v) is 9.14. The third kappa shape index (κ3) is 17.2. The number of ether oxygens (including phenoxy) is 1. The van der Waals surface area contributed by atoms with Gasteiger partial charge in [-0.3, -0.25) is 14.7 Å². The van der Waals surface area contributed by atoms with Gasteiger partial charge in [0.1, 0.15) is 0 Å². The number of carbonyl (C=O) groups is 1.